The highest BCUT2D eigenvalue weighted by Gasteiger charge is 2.20. The van der Waals surface area contributed by atoms with Gasteiger partial charge in [0, 0.05) is 16.3 Å². The second-order valence-corrected chi connectivity index (χ2v) is 5.74. The first-order valence-electron chi connectivity index (χ1n) is 5.27. The summed E-state index contributed by atoms with van der Waals surface area (Å²) in [6.07, 6.45) is 0. The smallest absolute Gasteiger partial charge is 0.240 e. The Morgan fingerprint density at radius 2 is 2.24 bits per heavy atom. The average molecular weight is 266 g/mol. The molecule has 1 atom stereocenters. The van der Waals surface area contributed by atoms with Crippen LogP contribution in [0.4, 0.5) is 0 Å². The molecule has 1 unspecified atom stereocenters. The number of hydrogen-bond donors (Lipinski definition) is 2. The van der Waals surface area contributed by atoms with Crippen molar-refractivity contribution in [2.75, 3.05) is 0 Å². The topological polar surface area (TPSA) is 55.1 Å². The second kappa shape index (κ2) is 5.44. The first-order chi connectivity index (χ1) is 8.18. The molecular formula is C12H14N2OS2. The van der Waals surface area contributed by atoms with Gasteiger partial charge in [0.2, 0.25) is 5.91 Å². The number of amides is 1. The standard InChI is InChI=1S/C12H14N2OS2/c1-8-4-6-17-11(8)10(12(13)15)14-7-9-3-2-5-16-9/h2-6,10,14H,7H2,1H3,(H2,13,15). The van der Waals surface area contributed by atoms with Gasteiger partial charge in [-0.15, -0.1) is 22.7 Å². The summed E-state index contributed by atoms with van der Waals surface area (Å²) in [6, 6.07) is 5.65. The lowest BCUT2D eigenvalue weighted by molar-refractivity contribution is -0.120. The van der Waals surface area contributed by atoms with E-state index in [9.17, 15) is 4.79 Å². The molecule has 2 aromatic rings. The van der Waals surface area contributed by atoms with E-state index in [1.807, 2.05) is 35.9 Å². The SMILES string of the molecule is Cc1ccsc1C(NCc1cccs1)C(N)=O. The van der Waals surface area contributed by atoms with E-state index in [4.69, 9.17) is 5.73 Å². The van der Waals surface area contributed by atoms with Crippen molar-refractivity contribution < 1.29 is 4.79 Å². The Labute approximate surface area is 108 Å². The second-order valence-electron chi connectivity index (χ2n) is 3.76. The molecule has 0 bridgehead atoms. The van der Waals surface area contributed by atoms with Crippen LogP contribution in [-0.2, 0) is 11.3 Å². The Morgan fingerprint density at radius 3 is 2.76 bits per heavy atom. The lowest BCUT2D eigenvalue weighted by Crippen LogP contribution is -2.32. The molecule has 0 fully saturated rings. The molecule has 2 aromatic heterocycles. The third-order valence-corrected chi connectivity index (χ3v) is 4.47. The highest BCUT2D eigenvalue weighted by molar-refractivity contribution is 7.10. The van der Waals surface area contributed by atoms with Gasteiger partial charge in [-0.05, 0) is 35.4 Å². The first-order valence-corrected chi connectivity index (χ1v) is 7.03. The van der Waals surface area contributed by atoms with E-state index in [0.29, 0.717) is 6.54 Å². The molecule has 17 heavy (non-hydrogen) atoms. The summed E-state index contributed by atoms with van der Waals surface area (Å²) in [6.45, 7) is 2.66. The summed E-state index contributed by atoms with van der Waals surface area (Å²) in [5.74, 6) is -0.327. The maximum absolute atomic E-state index is 11.5. The van der Waals surface area contributed by atoms with E-state index in [1.54, 1.807) is 22.7 Å². The number of primary amides is 1. The van der Waals surface area contributed by atoms with Gasteiger partial charge in [-0.1, -0.05) is 6.07 Å². The van der Waals surface area contributed by atoms with E-state index >= 15 is 0 Å². The first kappa shape index (κ1) is 12.3. The number of nitrogens with one attached hydrogen (secondary N) is 1. The summed E-state index contributed by atoms with van der Waals surface area (Å²) >= 11 is 3.23. The van der Waals surface area contributed by atoms with Crippen LogP contribution in [0.2, 0.25) is 0 Å². The van der Waals surface area contributed by atoms with Crippen LogP contribution in [0.15, 0.2) is 29.0 Å². The van der Waals surface area contributed by atoms with Crippen LogP contribution in [0.25, 0.3) is 0 Å². The normalized spacial score (nSPS) is 12.5. The number of carbonyl (C=O) groups excluding carboxylic acids is 1. The number of thiophene rings is 2. The summed E-state index contributed by atoms with van der Waals surface area (Å²) in [7, 11) is 0. The van der Waals surface area contributed by atoms with Crippen LogP contribution in [0.5, 0.6) is 0 Å². The predicted molar refractivity (Wildman–Crippen MR) is 72.2 cm³/mol. The Morgan fingerprint density at radius 1 is 1.41 bits per heavy atom. The minimum atomic E-state index is -0.392. The molecule has 3 N–H and O–H groups in total. The van der Waals surface area contributed by atoms with Crippen LogP contribution >= 0.6 is 22.7 Å². The number of carbonyl (C=O) groups is 1. The molecule has 90 valence electrons. The Balaban J connectivity index is 2.09. The minimum absolute atomic E-state index is 0.327. The fraction of sp³-hybridized carbons (Fsp3) is 0.250. The third-order valence-electron chi connectivity index (χ3n) is 2.51. The molecule has 0 saturated carbocycles. The zero-order chi connectivity index (χ0) is 12.3. The maximum Gasteiger partial charge on any atom is 0.240 e. The fourth-order valence-electron chi connectivity index (χ4n) is 1.62. The van der Waals surface area contributed by atoms with Crippen LogP contribution in [0.3, 0.4) is 0 Å². The van der Waals surface area contributed by atoms with Crippen LogP contribution < -0.4 is 11.1 Å². The quantitative estimate of drug-likeness (QED) is 0.873. The molecule has 2 heterocycles. The summed E-state index contributed by atoms with van der Waals surface area (Å²) in [4.78, 5) is 13.7. The average Bonchev–Trinajstić information content (AvgIpc) is 2.91. The van der Waals surface area contributed by atoms with Crippen molar-refractivity contribution in [3.05, 3.63) is 44.3 Å². The van der Waals surface area contributed by atoms with Crippen LogP contribution in [0.1, 0.15) is 21.4 Å². The lowest BCUT2D eigenvalue weighted by atomic mass is 10.1. The molecule has 0 aromatic carbocycles. The molecule has 0 spiro atoms. The zero-order valence-corrected chi connectivity index (χ0v) is 11.1. The van der Waals surface area contributed by atoms with E-state index in [1.165, 1.54) is 4.88 Å². The molecule has 0 aliphatic rings. The van der Waals surface area contributed by atoms with Gasteiger partial charge >= 0.3 is 0 Å². The lowest BCUT2D eigenvalue weighted by Gasteiger charge is -2.14. The number of hydrogen-bond acceptors (Lipinski definition) is 4. The fourth-order valence-corrected chi connectivity index (χ4v) is 3.28. The Kier molecular flexibility index (Phi) is 3.93. The van der Waals surface area contributed by atoms with Crippen molar-refractivity contribution in [3.63, 3.8) is 0 Å². The van der Waals surface area contributed by atoms with Gasteiger partial charge in [0.25, 0.3) is 0 Å². The van der Waals surface area contributed by atoms with Crippen LogP contribution in [0, 0.1) is 6.92 Å². The molecule has 0 aliphatic heterocycles. The molecule has 5 heteroatoms. The van der Waals surface area contributed by atoms with Gasteiger partial charge in [-0.25, -0.2) is 0 Å². The summed E-state index contributed by atoms with van der Waals surface area (Å²) in [5.41, 5.74) is 6.55. The minimum Gasteiger partial charge on any atom is -0.368 e. The third kappa shape index (κ3) is 2.94. The van der Waals surface area contributed by atoms with Gasteiger partial charge in [-0.2, -0.15) is 0 Å². The molecule has 3 nitrogen and oxygen atoms in total. The predicted octanol–water partition coefficient (Wildman–Crippen LogP) is 2.43. The number of rotatable bonds is 5. The molecular weight excluding hydrogens is 252 g/mol. The van der Waals surface area contributed by atoms with Crippen molar-refractivity contribution >= 4 is 28.6 Å². The Bertz CT molecular complexity index is 490. The summed E-state index contributed by atoms with van der Waals surface area (Å²) in [5, 5.41) is 7.21. The van der Waals surface area contributed by atoms with Crippen molar-refractivity contribution in [2.24, 2.45) is 5.73 Å². The van der Waals surface area contributed by atoms with Crippen molar-refractivity contribution in [1.82, 2.24) is 5.32 Å². The number of aryl methyl sites for hydroxylation is 1. The molecule has 0 aliphatic carbocycles. The molecule has 0 saturated heterocycles. The van der Waals surface area contributed by atoms with Crippen LogP contribution in [-0.4, -0.2) is 5.91 Å². The van der Waals surface area contributed by atoms with Gasteiger partial charge < -0.3 is 5.73 Å². The van der Waals surface area contributed by atoms with E-state index in [0.717, 1.165) is 10.4 Å². The van der Waals surface area contributed by atoms with Gasteiger partial charge in [0.15, 0.2) is 0 Å². The van der Waals surface area contributed by atoms with Gasteiger partial charge in [0.1, 0.15) is 6.04 Å². The highest BCUT2D eigenvalue weighted by Crippen LogP contribution is 2.24. The zero-order valence-electron chi connectivity index (χ0n) is 9.47. The van der Waals surface area contributed by atoms with E-state index in [-0.39, 0.29) is 5.91 Å². The Hall–Kier alpha value is -1.17. The molecule has 2 rings (SSSR count). The van der Waals surface area contributed by atoms with Crippen molar-refractivity contribution in [2.45, 2.75) is 19.5 Å². The molecule has 1 amide bonds. The largest absolute Gasteiger partial charge is 0.368 e. The van der Waals surface area contributed by atoms with E-state index < -0.39 is 6.04 Å². The maximum atomic E-state index is 11.5. The van der Waals surface area contributed by atoms with Gasteiger partial charge in [0.05, 0.1) is 0 Å². The van der Waals surface area contributed by atoms with Crippen molar-refractivity contribution in [3.8, 4) is 0 Å². The van der Waals surface area contributed by atoms with Crippen molar-refractivity contribution in [1.29, 1.82) is 0 Å². The van der Waals surface area contributed by atoms with E-state index in [2.05, 4.69) is 5.32 Å². The monoisotopic (exact) mass is 266 g/mol. The highest BCUT2D eigenvalue weighted by atomic mass is 32.1. The molecule has 0 radical (unpaired) electrons. The summed E-state index contributed by atoms with van der Waals surface area (Å²) < 4.78 is 0. The number of nitrogens with two attached hydrogens (primary N) is 1. The van der Waals surface area contributed by atoms with Gasteiger partial charge in [-0.3, -0.25) is 10.1 Å².